The molecular weight excluding hydrogens is 322 g/mol. The van der Waals surface area contributed by atoms with Crippen LogP contribution in [0.5, 0.6) is 0 Å². The lowest BCUT2D eigenvalue weighted by atomic mass is 10.1. The zero-order chi connectivity index (χ0) is 16.8. The largest absolute Gasteiger partial charge is 0.264 e. The number of hydrogen-bond acceptors (Lipinski definition) is 4. The molecular formula is C18H16N3O2S. The second-order valence-corrected chi connectivity index (χ2v) is 6.99. The third-order valence-corrected chi connectivity index (χ3v) is 5.00. The Labute approximate surface area is 141 Å². The van der Waals surface area contributed by atoms with Crippen LogP contribution in [0.3, 0.4) is 0 Å². The average molecular weight is 338 g/mol. The van der Waals surface area contributed by atoms with Crippen molar-refractivity contribution in [1.29, 1.82) is 0 Å². The molecule has 1 N–H and O–H groups in total. The zero-order valence-corrected chi connectivity index (χ0v) is 13.7. The van der Waals surface area contributed by atoms with Crippen molar-refractivity contribution in [1.82, 2.24) is 14.7 Å². The van der Waals surface area contributed by atoms with Crippen molar-refractivity contribution in [2.75, 3.05) is 0 Å². The van der Waals surface area contributed by atoms with Crippen LogP contribution in [-0.4, -0.2) is 18.4 Å². The first-order chi connectivity index (χ1) is 11.6. The highest BCUT2D eigenvalue weighted by molar-refractivity contribution is 7.89. The topological polar surface area (TPSA) is 72.0 Å². The molecule has 1 aromatic carbocycles. The van der Waals surface area contributed by atoms with Gasteiger partial charge in [-0.1, -0.05) is 18.2 Å². The van der Waals surface area contributed by atoms with Crippen LogP contribution in [0.15, 0.2) is 72.1 Å². The first-order valence-electron chi connectivity index (χ1n) is 7.41. The molecule has 5 nitrogen and oxygen atoms in total. The Hall–Kier alpha value is -2.57. The quantitative estimate of drug-likeness (QED) is 0.749. The number of rotatable bonds is 6. The zero-order valence-electron chi connectivity index (χ0n) is 12.9. The molecule has 0 spiro atoms. The number of benzene rings is 1. The Kier molecular flexibility index (Phi) is 4.98. The molecule has 6 heteroatoms. The Morgan fingerprint density at radius 3 is 2.38 bits per heavy atom. The lowest BCUT2D eigenvalue weighted by Gasteiger charge is -2.11. The molecule has 0 fully saturated rings. The molecule has 0 bridgehead atoms. The first kappa shape index (κ1) is 16.3. The van der Waals surface area contributed by atoms with E-state index in [0.29, 0.717) is 12.0 Å². The molecule has 0 aliphatic heterocycles. The molecule has 0 unspecified atom stereocenters. The summed E-state index contributed by atoms with van der Waals surface area (Å²) in [4.78, 5) is 8.31. The van der Waals surface area contributed by atoms with Crippen molar-refractivity contribution in [3.05, 3.63) is 90.0 Å². The molecule has 2 heterocycles. The molecule has 0 saturated carbocycles. The summed E-state index contributed by atoms with van der Waals surface area (Å²) in [5.41, 5.74) is 2.43. The summed E-state index contributed by atoms with van der Waals surface area (Å²) in [5, 5.41) is 0. The van der Waals surface area contributed by atoms with Crippen LogP contribution in [0.1, 0.15) is 16.7 Å². The lowest BCUT2D eigenvalue weighted by Crippen LogP contribution is -2.24. The van der Waals surface area contributed by atoms with Crippen molar-refractivity contribution in [3.63, 3.8) is 0 Å². The van der Waals surface area contributed by atoms with Gasteiger partial charge in [-0.15, -0.1) is 0 Å². The summed E-state index contributed by atoms with van der Waals surface area (Å²) in [6.45, 7) is 0.196. The van der Waals surface area contributed by atoms with E-state index < -0.39 is 10.0 Å². The number of hydrogen-bond donors (Lipinski definition) is 1. The lowest BCUT2D eigenvalue weighted by molar-refractivity contribution is 0.580. The van der Waals surface area contributed by atoms with Gasteiger partial charge in [-0.2, -0.15) is 0 Å². The SMILES string of the molecule is O=S(=O)(NCc1cccnc1)c1cc[c]cc1Cc1cccnc1. The molecule has 0 saturated heterocycles. The molecule has 2 aromatic heterocycles. The number of nitrogens with zero attached hydrogens (tertiary/aromatic N) is 2. The van der Waals surface area contributed by atoms with Gasteiger partial charge in [0.2, 0.25) is 10.0 Å². The van der Waals surface area contributed by atoms with Crippen LogP contribution in [0.4, 0.5) is 0 Å². The Morgan fingerprint density at radius 1 is 1.00 bits per heavy atom. The Bertz CT molecular complexity index is 898. The summed E-state index contributed by atoms with van der Waals surface area (Å²) in [6, 6.07) is 15.2. The van der Waals surface area contributed by atoms with Gasteiger partial charge in [0.25, 0.3) is 0 Å². The molecule has 121 valence electrons. The highest BCUT2D eigenvalue weighted by atomic mass is 32.2. The van der Waals surface area contributed by atoms with Crippen molar-refractivity contribution in [2.24, 2.45) is 0 Å². The fraction of sp³-hybridized carbons (Fsp3) is 0.111. The van der Waals surface area contributed by atoms with Crippen LogP contribution in [-0.2, 0) is 23.0 Å². The maximum Gasteiger partial charge on any atom is 0.241 e. The van der Waals surface area contributed by atoms with Gasteiger partial charge < -0.3 is 0 Å². The van der Waals surface area contributed by atoms with E-state index in [0.717, 1.165) is 11.1 Å². The minimum absolute atomic E-state index is 0.196. The number of pyridine rings is 2. The van der Waals surface area contributed by atoms with E-state index >= 15 is 0 Å². The minimum atomic E-state index is -3.63. The molecule has 3 aromatic rings. The summed E-state index contributed by atoms with van der Waals surface area (Å²) >= 11 is 0. The van der Waals surface area contributed by atoms with Crippen LogP contribution in [0, 0.1) is 6.07 Å². The molecule has 3 rings (SSSR count). The fourth-order valence-corrected chi connectivity index (χ4v) is 3.57. The number of nitrogens with one attached hydrogen (secondary N) is 1. The third kappa shape index (κ3) is 4.04. The number of aromatic nitrogens is 2. The maximum atomic E-state index is 12.7. The standard InChI is InChI=1S/C18H16N3O2S/c22-24(23,21-14-16-6-4-10-20-13-16)18-8-2-1-7-17(18)11-15-5-3-9-19-12-15/h2-10,12-13,21H,11,14H2. The predicted octanol–water partition coefficient (Wildman–Crippen LogP) is 2.35. The summed E-state index contributed by atoms with van der Waals surface area (Å²) < 4.78 is 27.9. The van der Waals surface area contributed by atoms with E-state index in [1.165, 1.54) is 0 Å². The van der Waals surface area contributed by atoms with E-state index in [-0.39, 0.29) is 11.4 Å². The molecule has 1 radical (unpaired) electrons. The minimum Gasteiger partial charge on any atom is -0.264 e. The van der Waals surface area contributed by atoms with Gasteiger partial charge in [0.1, 0.15) is 0 Å². The van der Waals surface area contributed by atoms with Crippen molar-refractivity contribution < 1.29 is 8.42 Å². The number of sulfonamides is 1. The summed E-state index contributed by atoms with van der Waals surface area (Å²) in [5.74, 6) is 0. The van der Waals surface area contributed by atoms with Gasteiger partial charge in [-0.3, -0.25) is 9.97 Å². The van der Waals surface area contributed by atoms with Gasteiger partial charge in [-0.25, -0.2) is 13.1 Å². The van der Waals surface area contributed by atoms with E-state index in [1.54, 1.807) is 49.1 Å². The van der Waals surface area contributed by atoms with Gasteiger partial charge in [-0.05, 0) is 47.0 Å². The van der Waals surface area contributed by atoms with Gasteiger partial charge in [0, 0.05) is 37.8 Å². The highest BCUT2D eigenvalue weighted by Gasteiger charge is 2.18. The first-order valence-corrected chi connectivity index (χ1v) is 8.90. The normalized spacial score (nSPS) is 11.3. The third-order valence-electron chi connectivity index (χ3n) is 3.50. The van der Waals surface area contributed by atoms with E-state index in [1.807, 2.05) is 18.2 Å². The second kappa shape index (κ2) is 7.33. The maximum absolute atomic E-state index is 12.7. The monoisotopic (exact) mass is 338 g/mol. The fourth-order valence-electron chi connectivity index (χ4n) is 2.33. The highest BCUT2D eigenvalue weighted by Crippen LogP contribution is 2.18. The van der Waals surface area contributed by atoms with Gasteiger partial charge >= 0.3 is 0 Å². The van der Waals surface area contributed by atoms with Crippen molar-refractivity contribution in [3.8, 4) is 0 Å². The van der Waals surface area contributed by atoms with Crippen LogP contribution in [0.25, 0.3) is 0 Å². The summed E-state index contributed by atoms with van der Waals surface area (Å²) in [6.07, 6.45) is 7.18. The van der Waals surface area contributed by atoms with Crippen LogP contribution >= 0.6 is 0 Å². The van der Waals surface area contributed by atoms with E-state index in [9.17, 15) is 8.42 Å². The smallest absolute Gasteiger partial charge is 0.241 e. The summed E-state index contributed by atoms with van der Waals surface area (Å²) in [7, 11) is -3.63. The van der Waals surface area contributed by atoms with Crippen LogP contribution in [0.2, 0.25) is 0 Å². The Morgan fingerprint density at radius 2 is 1.71 bits per heavy atom. The second-order valence-electron chi connectivity index (χ2n) is 5.26. The molecule has 0 atom stereocenters. The van der Waals surface area contributed by atoms with Crippen molar-refractivity contribution >= 4 is 10.0 Å². The van der Waals surface area contributed by atoms with E-state index in [4.69, 9.17) is 0 Å². The van der Waals surface area contributed by atoms with Gasteiger partial charge in [0.05, 0.1) is 4.90 Å². The van der Waals surface area contributed by atoms with Crippen LogP contribution < -0.4 is 4.72 Å². The van der Waals surface area contributed by atoms with E-state index in [2.05, 4.69) is 20.8 Å². The predicted molar refractivity (Wildman–Crippen MR) is 90.6 cm³/mol. The van der Waals surface area contributed by atoms with Crippen molar-refractivity contribution in [2.45, 2.75) is 17.9 Å². The van der Waals surface area contributed by atoms with Gasteiger partial charge in [0.15, 0.2) is 0 Å². The molecule has 24 heavy (non-hydrogen) atoms. The average Bonchev–Trinajstić information content (AvgIpc) is 2.62. The molecule has 0 aliphatic carbocycles. The Balaban J connectivity index is 1.82. The molecule has 0 aliphatic rings. The molecule has 0 amide bonds.